The lowest BCUT2D eigenvalue weighted by Crippen LogP contribution is -2.46. The van der Waals surface area contributed by atoms with E-state index in [9.17, 15) is 9.59 Å². The van der Waals surface area contributed by atoms with Crippen LogP contribution in [0.25, 0.3) is 0 Å². The van der Waals surface area contributed by atoms with Crippen molar-refractivity contribution in [3.63, 3.8) is 0 Å². The van der Waals surface area contributed by atoms with Gasteiger partial charge in [-0.05, 0) is 43.8 Å². The van der Waals surface area contributed by atoms with E-state index in [1.807, 2.05) is 23.4 Å². The second-order valence-corrected chi connectivity index (χ2v) is 6.01. The maximum absolute atomic E-state index is 12.1. The maximum atomic E-state index is 12.1. The van der Waals surface area contributed by atoms with E-state index in [4.69, 9.17) is 0 Å². The summed E-state index contributed by atoms with van der Waals surface area (Å²) >= 11 is 1.38. The first-order valence-corrected chi connectivity index (χ1v) is 7.82. The molecule has 118 valence electrons. The average molecular weight is 332 g/mol. The van der Waals surface area contributed by atoms with Crippen LogP contribution in [0, 0.1) is 5.92 Å². The number of nitrogens with zero attached hydrogens (tertiary/aromatic N) is 1. The van der Waals surface area contributed by atoms with Gasteiger partial charge in [-0.2, -0.15) is 0 Å². The number of thiophene rings is 1. The zero-order valence-corrected chi connectivity index (χ0v) is 13.8. The molecule has 1 aromatic rings. The second-order valence-electron chi connectivity index (χ2n) is 5.07. The molecule has 1 aliphatic rings. The molecular weight excluding hydrogens is 310 g/mol. The molecule has 2 amide bonds. The molecule has 0 aromatic carbocycles. The number of hydrogen-bond donors (Lipinski definition) is 2. The van der Waals surface area contributed by atoms with Crippen LogP contribution in [0.4, 0.5) is 0 Å². The zero-order valence-electron chi connectivity index (χ0n) is 12.1. The van der Waals surface area contributed by atoms with E-state index in [1.54, 1.807) is 6.07 Å². The Labute approximate surface area is 135 Å². The molecule has 0 spiro atoms. The number of rotatable bonds is 5. The lowest BCUT2D eigenvalue weighted by Gasteiger charge is -2.32. The Hall–Kier alpha value is -1.11. The van der Waals surface area contributed by atoms with Crippen LogP contribution in [-0.4, -0.2) is 49.9 Å². The average Bonchev–Trinajstić information content (AvgIpc) is 2.99. The number of carbonyl (C=O) groups is 2. The predicted molar refractivity (Wildman–Crippen MR) is 87.1 cm³/mol. The van der Waals surface area contributed by atoms with Gasteiger partial charge in [0.25, 0.3) is 5.91 Å². The van der Waals surface area contributed by atoms with Crippen LogP contribution in [0.3, 0.4) is 0 Å². The van der Waals surface area contributed by atoms with E-state index in [0.29, 0.717) is 10.8 Å². The molecule has 1 unspecified atom stereocenters. The number of piperidine rings is 1. The molecule has 21 heavy (non-hydrogen) atoms. The highest BCUT2D eigenvalue weighted by atomic mass is 35.5. The minimum atomic E-state index is -0.169. The first kappa shape index (κ1) is 17.9. The molecular formula is C14H22ClN3O2S. The number of nitrogens with one attached hydrogen (secondary N) is 2. The van der Waals surface area contributed by atoms with Crippen molar-refractivity contribution in [3.05, 3.63) is 22.4 Å². The van der Waals surface area contributed by atoms with Gasteiger partial charge in [0.1, 0.15) is 0 Å². The number of halogens is 1. The van der Waals surface area contributed by atoms with Gasteiger partial charge in [0.15, 0.2) is 0 Å². The molecule has 1 aliphatic heterocycles. The number of hydrogen-bond acceptors (Lipinski definition) is 4. The molecule has 2 heterocycles. The number of amides is 2. The van der Waals surface area contributed by atoms with E-state index in [1.165, 1.54) is 11.3 Å². The molecule has 1 fully saturated rings. The van der Waals surface area contributed by atoms with E-state index in [2.05, 4.69) is 10.6 Å². The Morgan fingerprint density at radius 1 is 1.48 bits per heavy atom. The molecule has 5 nitrogen and oxygen atoms in total. The maximum Gasteiger partial charge on any atom is 0.261 e. The summed E-state index contributed by atoms with van der Waals surface area (Å²) in [7, 11) is 1.93. The topological polar surface area (TPSA) is 61.4 Å². The summed E-state index contributed by atoms with van der Waals surface area (Å²) in [6.45, 7) is 2.61. The highest BCUT2D eigenvalue weighted by Gasteiger charge is 2.23. The van der Waals surface area contributed by atoms with E-state index in [0.717, 1.165) is 32.5 Å². The Bertz CT molecular complexity index is 451. The first-order chi connectivity index (χ1) is 9.70. The molecule has 1 saturated heterocycles. The van der Waals surface area contributed by atoms with Crippen LogP contribution in [0.5, 0.6) is 0 Å². The Morgan fingerprint density at radius 3 is 2.95 bits per heavy atom. The van der Waals surface area contributed by atoms with Crippen molar-refractivity contribution < 1.29 is 9.59 Å². The van der Waals surface area contributed by atoms with Crippen molar-refractivity contribution in [2.45, 2.75) is 12.8 Å². The van der Waals surface area contributed by atoms with Gasteiger partial charge in [-0.25, -0.2) is 0 Å². The standard InChI is InChI=1S/C14H21N3O2S.ClH/c1-15-8-11-4-2-6-17(10-11)13(18)9-16-14(19)12-5-3-7-20-12;/h3,5,7,11,15H,2,4,6,8-10H2,1H3,(H,16,19);1H. The summed E-state index contributed by atoms with van der Waals surface area (Å²) in [5.74, 6) is 0.360. The third-order valence-electron chi connectivity index (χ3n) is 3.51. The fourth-order valence-electron chi connectivity index (χ4n) is 2.51. The van der Waals surface area contributed by atoms with Gasteiger partial charge < -0.3 is 15.5 Å². The molecule has 2 rings (SSSR count). The normalized spacial score (nSPS) is 18.0. The van der Waals surface area contributed by atoms with Crippen LogP contribution < -0.4 is 10.6 Å². The van der Waals surface area contributed by atoms with Crippen molar-refractivity contribution in [3.8, 4) is 0 Å². The van der Waals surface area contributed by atoms with Gasteiger partial charge >= 0.3 is 0 Å². The van der Waals surface area contributed by atoms with Crippen LogP contribution in [0.2, 0.25) is 0 Å². The second kappa shape index (κ2) is 9.02. The zero-order chi connectivity index (χ0) is 14.4. The van der Waals surface area contributed by atoms with Gasteiger partial charge in [0.05, 0.1) is 11.4 Å². The highest BCUT2D eigenvalue weighted by molar-refractivity contribution is 7.12. The van der Waals surface area contributed by atoms with E-state index < -0.39 is 0 Å². The molecule has 0 bridgehead atoms. The third-order valence-corrected chi connectivity index (χ3v) is 4.38. The van der Waals surface area contributed by atoms with Gasteiger partial charge in [0.2, 0.25) is 5.91 Å². The van der Waals surface area contributed by atoms with Gasteiger partial charge in [-0.1, -0.05) is 6.07 Å². The summed E-state index contributed by atoms with van der Waals surface area (Å²) in [5.41, 5.74) is 0. The summed E-state index contributed by atoms with van der Waals surface area (Å²) in [6.07, 6.45) is 2.20. The molecule has 7 heteroatoms. The van der Waals surface area contributed by atoms with Crippen molar-refractivity contribution in [1.29, 1.82) is 0 Å². The van der Waals surface area contributed by atoms with Gasteiger partial charge in [-0.15, -0.1) is 23.7 Å². The van der Waals surface area contributed by atoms with Crippen LogP contribution >= 0.6 is 23.7 Å². The van der Waals surface area contributed by atoms with Gasteiger partial charge in [-0.3, -0.25) is 9.59 Å². The highest BCUT2D eigenvalue weighted by Crippen LogP contribution is 2.15. The van der Waals surface area contributed by atoms with Crippen LogP contribution in [0.1, 0.15) is 22.5 Å². The Morgan fingerprint density at radius 2 is 2.29 bits per heavy atom. The quantitative estimate of drug-likeness (QED) is 0.856. The summed E-state index contributed by atoms with van der Waals surface area (Å²) in [5, 5.41) is 7.70. The van der Waals surface area contributed by atoms with E-state index in [-0.39, 0.29) is 30.8 Å². The minimum absolute atomic E-state index is 0. The molecule has 0 aliphatic carbocycles. The fraction of sp³-hybridized carbons (Fsp3) is 0.571. The Kier molecular flexibility index (Phi) is 7.71. The third kappa shape index (κ3) is 5.30. The van der Waals surface area contributed by atoms with Crippen molar-refractivity contribution in [1.82, 2.24) is 15.5 Å². The fourth-order valence-corrected chi connectivity index (χ4v) is 3.15. The van der Waals surface area contributed by atoms with Gasteiger partial charge in [0, 0.05) is 13.1 Å². The smallest absolute Gasteiger partial charge is 0.261 e. The molecule has 2 N–H and O–H groups in total. The lowest BCUT2D eigenvalue weighted by molar-refractivity contribution is -0.131. The Balaban J connectivity index is 0.00000220. The summed E-state index contributed by atoms with van der Waals surface area (Å²) < 4.78 is 0. The predicted octanol–water partition coefficient (Wildman–Crippen LogP) is 1.36. The first-order valence-electron chi connectivity index (χ1n) is 6.94. The SMILES string of the molecule is CNCC1CCCN(C(=O)CNC(=O)c2cccs2)C1.Cl. The van der Waals surface area contributed by atoms with E-state index >= 15 is 0 Å². The summed E-state index contributed by atoms with van der Waals surface area (Å²) in [4.78, 5) is 26.4. The number of carbonyl (C=O) groups excluding carboxylic acids is 2. The summed E-state index contributed by atoms with van der Waals surface area (Å²) in [6, 6.07) is 3.59. The van der Waals surface area contributed by atoms with Crippen molar-refractivity contribution in [2.24, 2.45) is 5.92 Å². The largest absolute Gasteiger partial charge is 0.342 e. The number of likely N-dealkylation sites (tertiary alicyclic amines) is 1. The lowest BCUT2D eigenvalue weighted by atomic mass is 9.98. The van der Waals surface area contributed by atoms with Crippen molar-refractivity contribution in [2.75, 3.05) is 33.2 Å². The van der Waals surface area contributed by atoms with Crippen molar-refractivity contribution >= 4 is 35.6 Å². The molecule has 0 saturated carbocycles. The van der Waals surface area contributed by atoms with Crippen LogP contribution in [-0.2, 0) is 4.79 Å². The monoisotopic (exact) mass is 331 g/mol. The molecule has 1 atom stereocenters. The minimum Gasteiger partial charge on any atom is -0.342 e. The van der Waals surface area contributed by atoms with Crippen LogP contribution in [0.15, 0.2) is 17.5 Å². The molecule has 1 aromatic heterocycles. The molecule has 0 radical (unpaired) electrons.